The maximum absolute atomic E-state index is 12.2. The van der Waals surface area contributed by atoms with Crippen LogP contribution in [0.25, 0.3) is 10.9 Å². The molecule has 1 fully saturated rings. The average molecular weight is 343 g/mol. The molecule has 1 aromatic carbocycles. The number of amides is 1. The van der Waals surface area contributed by atoms with Gasteiger partial charge in [0.2, 0.25) is 0 Å². The molecule has 0 radical (unpaired) electrons. The third-order valence-electron chi connectivity index (χ3n) is 4.13. The Morgan fingerprint density at radius 1 is 1.32 bits per heavy atom. The smallest absolute Gasteiger partial charge is 0.410 e. The molecule has 2 heterocycles. The number of likely N-dealkylation sites (tertiary alicyclic amines) is 1. The zero-order chi connectivity index (χ0) is 18.0. The van der Waals surface area contributed by atoms with Crippen molar-refractivity contribution in [3.8, 4) is 5.75 Å². The third-order valence-corrected chi connectivity index (χ3v) is 4.13. The van der Waals surface area contributed by atoms with Gasteiger partial charge in [-0.1, -0.05) is 0 Å². The molecule has 0 spiro atoms. The lowest BCUT2D eigenvalue weighted by atomic mass is 10.1. The van der Waals surface area contributed by atoms with Crippen molar-refractivity contribution in [1.82, 2.24) is 9.88 Å². The van der Waals surface area contributed by atoms with Crippen LogP contribution in [0.15, 0.2) is 30.5 Å². The molecular weight excluding hydrogens is 318 g/mol. The van der Waals surface area contributed by atoms with Crippen molar-refractivity contribution in [2.24, 2.45) is 0 Å². The van der Waals surface area contributed by atoms with Crippen LogP contribution in [-0.2, 0) is 4.74 Å². The van der Waals surface area contributed by atoms with E-state index in [0.29, 0.717) is 13.1 Å². The fourth-order valence-corrected chi connectivity index (χ4v) is 3.00. The first-order valence-corrected chi connectivity index (χ1v) is 8.53. The van der Waals surface area contributed by atoms with Gasteiger partial charge in [0.25, 0.3) is 0 Å². The van der Waals surface area contributed by atoms with Gasteiger partial charge in [0.1, 0.15) is 11.4 Å². The second-order valence-corrected chi connectivity index (χ2v) is 7.30. The summed E-state index contributed by atoms with van der Waals surface area (Å²) in [5.74, 6) is 0.813. The lowest BCUT2D eigenvalue weighted by molar-refractivity contribution is 0.0293. The van der Waals surface area contributed by atoms with E-state index in [1.807, 2.05) is 45.0 Å². The van der Waals surface area contributed by atoms with Crippen molar-refractivity contribution in [2.75, 3.05) is 25.5 Å². The summed E-state index contributed by atoms with van der Waals surface area (Å²) in [6, 6.07) is 8.09. The predicted octanol–water partition coefficient (Wildman–Crippen LogP) is 3.66. The Kier molecular flexibility index (Phi) is 4.70. The molecule has 1 atom stereocenters. The number of carbonyl (C=O) groups excluding carboxylic acids is 1. The molecule has 1 N–H and O–H groups in total. The quantitative estimate of drug-likeness (QED) is 0.921. The van der Waals surface area contributed by atoms with Crippen molar-refractivity contribution >= 4 is 22.7 Å². The molecule has 1 unspecified atom stereocenters. The van der Waals surface area contributed by atoms with E-state index >= 15 is 0 Å². The Bertz CT molecular complexity index is 770. The number of pyridine rings is 1. The van der Waals surface area contributed by atoms with Crippen LogP contribution < -0.4 is 10.1 Å². The number of nitrogens with zero attached hydrogens (tertiary/aromatic N) is 2. The average Bonchev–Trinajstić information content (AvgIpc) is 3.01. The summed E-state index contributed by atoms with van der Waals surface area (Å²) < 4.78 is 10.8. The maximum Gasteiger partial charge on any atom is 0.410 e. The normalized spacial score (nSPS) is 17.6. The van der Waals surface area contributed by atoms with Crippen LogP contribution >= 0.6 is 0 Å². The number of hydrogen-bond acceptors (Lipinski definition) is 5. The van der Waals surface area contributed by atoms with Crippen LogP contribution in [0.5, 0.6) is 5.75 Å². The van der Waals surface area contributed by atoms with E-state index in [1.54, 1.807) is 18.2 Å². The fraction of sp³-hybridized carbons (Fsp3) is 0.474. The third kappa shape index (κ3) is 4.13. The van der Waals surface area contributed by atoms with Gasteiger partial charge in [-0.2, -0.15) is 0 Å². The van der Waals surface area contributed by atoms with Gasteiger partial charge < -0.3 is 19.7 Å². The Morgan fingerprint density at radius 3 is 2.84 bits per heavy atom. The van der Waals surface area contributed by atoms with Crippen molar-refractivity contribution in [2.45, 2.75) is 38.8 Å². The lowest BCUT2D eigenvalue weighted by Crippen LogP contribution is -2.36. The first-order chi connectivity index (χ1) is 11.9. The second-order valence-electron chi connectivity index (χ2n) is 7.30. The van der Waals surface area contributed by atoms with E-state index in [-0.39, 0.29) is 12.1 Å². The number of aromatic nitrogens is 1. The fourth-order valence-electron chi connectivity index (χ4n) is 3.00. The molecule has 1 amide bonds. The molecular formula is C19H25N3O3. The van der Waals surface area contributed by atoms with Gasteiger partial charge >= 0.3 is 6.09 Å². The van der Waals surface area contributed by atoms with Crippen LogP contribution in [0, 0.1) is 0 Å². The molecule has 134 valence electrons. The molecule has 1 aromatic heterocycles. The number of nitrogens with one attached hydrogen (secondary N) is 1. The molecule has 0 aliphatic carbocycles. The van der Waals surface area contributed by atoms with Crippen LogP contribution in [0.2, 0.25) is 0 Å². The zero-order valence-corrected chi connectivity index (χ0v) is 15.2. The molecule has 0 saturated carbocycles. The van der Waals surface area contributed by atoms with Gasteiger partial charge in [0.05, 0.1) is 12.6 Å². The van der Waals surface area contributed by atoms with Gasteiger partial charge in [0, 0.05) is 36.4 Å². The van der Waals surface area contributed by atoms with Crippen LogP contribution in [-0.4, -0.2) is 47.8 Å². The SMILES string of the molecule is COc1ccnc2cc(NC3CCN(C(=O)OC(C)(C)C)C3)ccc12. The maximum atomic E-state index is 12.2. The standard InChI is InChI=1S/C19H25N3O3/c1-19(2,3)25-18(23)22-10-8-14(12-22)21-13-5-6-15-16(11-13)20-9-7-17(15)24-4/h5-7,9,11,14,21H,8,10,12H2,1-4H3. The number of hydrogen-bond donors (Lipinski definition) is 1. The molecule has 3 rings (SSSR count). The van der Waals surface area contributed by atoms with E-state index in [1.165, 1.54) is 0 Å². The highest BCUT2D eigenvalue weighted by molar-refractivity contribution is 5.87. The number of ether oxygens (including phenoxy) is 2. The number of carbonyl (C=O) groups is 1. The molecule has 25 heavy (non-hydrogen) atoms. The van der Waals surface area contributed by atoms with Gasteiger partial charge in [-0.3, -0.25) is 4.98 Å². The highest BCUT2D eigenvalue weighted by Crippen LogP contribution is 2.27. The first kappa shape index (κ1) is 17.3. The molecule has 0 bridgehead atoms. The van der Waals surface area contributed by atoms with E-state index in [2.05, 4.69) is 10.3 Å². The van der Waals surface area contributed by atoms with E-state index < -0.39 is 5.60 Å². The molecule has 6 nitrogen and oxygen atoms in total. The molecule has 6 heteroatoms. The summed E-state index contributed by atoms with van der Waals surface area (Å²) >= 11 is 0. The predicted molar refractivity (Wildman–Crippen MR) is 98.1 cm³/mol. The lowest BCUT2D eigenvalue weighted by Gasteiger charge is -2.24. The summed E-state index contributed by atoms with van der Waals surface area (Å²) in [6.45, 7) is 6.98. The van der Waals surface area contributed by atoms with Gasteiger partial charge in [-0.15, -0.1) is 0 Å². The molecule has 1 aliphatic rings. The highest BCUT2D eigenvalue weighted by Gasteiger charge is 2.29. The van der Waals surface area contributed by atoms with E-state index in [0.717, 1.165) is 28.8 Å². The molecule has 1 aliphatic heterocycles. The summed E-state index contributed by atoms with van der Waals surface area (Å²) in [7, 11) is 1.66. The largest absolute Gasteiger partial charge is 0.496 e. The summed E-state index contributed by atoms with van der Waals surface area (Å²) in [6.07, 6.45) is 2.38. The Balaban J connectivity index is 1.65. The highest BCUT2D eigenvalue weighted by atomic mass is 16.6. The number of methoxy groups -OCH3 is 1. The number of rotatable bonds is 3. The topological polar surface area (TPSA) is 63.7 Å². The van der Waals surface area contributed by atoms with E-state index in [9.17, 15) is 4.79 Å². The Labute approximate surface area is 148 Å². The van der Waals surface area contributed by atoms with Crippen LogP contribution in [0.3, 0.4) is 0 Å². The number of anilines is 1. The summed E-state index contributed by atoms with van der Waals surface area (Å²) in [4.78, 5) is 18.3. The summed E-state index contributed by atoms with van der Waals surface area (Å²) in [5, 5.41) is 4.47. The minimum Gasteiger partial charge on any atom is -0.496 e. The van der Waals surface area contributed by atoms with Crippen molar-refractivity contribution in [3.63, 3.8) is 0 Å². The van der Waals surface area contributed by atoms with Crippen molar-refractivity contribution < 1.29 is 14.3 Å². The van der Waals surface area contributed by atoms with Crippen molar-refractivity contribution in [3.05, 3.63) is 30.5 Å². The monoisotopic (exact) mass is 343 g/mol. The second kappa shape index (κ2) is 6.78. The van der Waals surface area contributed by atoms with E-state index in [4.69, 9.17) is 9.47 Å². The van der Waals surface area contributed by atoms with Crippen molar-refractivity contribution in [1.29, 1.82) is 0 Å². The number of benzene rings is 1. The minimum absolute atomic E-state index is 0.204. The number of fused-ring (bicyclic) bond motifs is 1. The Hall–Kier alpha value is -2.50. The first-order valence-electron chi connectivity index (χ1n) is 8.53. The van der Waals surface area contributed by atoms with Gasteiger partial charge in [-0.25, -0.2) is 4.79 Å². The molecule has 2 aromatic rings. The Morgan fingerprint density at radius 2 is 2.12 bits per heavy atom. The molecule has 1 saturated heterocycles. The van der Waals surface area contributed by atoms with Gasteiger partial charge in [-0.05, 0) is 51.5 Å². The zero-order valence-electron chi connectivity index (χ0n) is 15.2. The van der Waals surface area contributed by atoms with Gasteiger partial charge in [0.15, 0.2) is 0 Å². The van der Waals surface area contributed by atoms with Crippen LogP contribution in [0.1, 0.15) is 27.2 Å². The summed E-state index contributed by atoms with van der Waals surface area (Å²) in [5.41, 5.74) is 1.40. The minimum atomic E-state index is -0.467. The van der Waals surface area contributed by atoms with Crippen LogP contribution in [0.4, 0.5) is 10.5 Å².